The zero-order valence-corrected chi connectivity index (χ0v) is 10.4. The van der Waals surface area contributed by atoms with Crippen LogP contribution >= 0.6 is 0 Å². The van der Waals surface area contributed by atoms with Crippen molar-refractivity contribution in [3.05, 3.63) is 29.3 Å². The van der Waals surface area contributed by atoms with E-state index >= 15 is 0 Å². The molecule has 2 atom stereocenters. The van der Waals surface area contributed by atoms with E-state index in [-0.39, 0.29) is 18.2 Å². The molecule has 0 saturated heterocycles. The Kier molecular flexibility index (Phi) is 3.09. The average molecular weight is 248 g/mol. The van der Waals surface area contributed by atoms with Gasteiger partial charge in [0, 0.05) is 18.8 Å². The van der Waals surface area contributed by atoms with Crippen molar-refractivity contribution in [2.24, 2.45) is 5.73 Å². The summed E-state index contributed by atoms with van der Waals surface area (Å²) >= 11 is 0. The quantitative estimate of drug-likeness (QED) is 0.843. The monoisotopic (exact) mass is 248 g/mol. The molecule has 1 heterocycles. The first-order valence-corrected chi connectivity index (χ1v) is 5.80. The summed E-state index contributed by atoms with van der Waals surface area (Å²) in [5.41, 5.74) is 8.37. The number of aliphatic carboxylic acids is 1. The van der Waals surface area contributed by atoms with Crippen molar-refractivity contribution in [2.75, 3.05) is 11.9 Å². The Bertz CT molecular complexity index is 513. The molecular weight excluding hydrogens is 232 g/mol. The van der Waals surface area contributed by atoms with E-state index < -0.39 is 12.0 Å². The van der Waals surface area contributed by atoms with Crippen molar-refractivity contribution in [1.82, 2.24) is 0 Å². The van der Waals surface area contributed by atoms with Gasteiger partial charge in [-0.05, 0) is 24.1 Å². The highest BCUT2D eigenvalue weighted by molar-refractivity contribution is 6.04. The van der Waals surface area contributed by atoms with Gasteiger partial charge in [-0.15, -0.1) is 0 Å². The Morgan fingerprint density at radius 2 is 2.22 bits per heavy atom. The molecule has 0 fully saturated rings. The first-order chi connectivity index (χ1) is 8.41. The van der Waals surface area contributed by atoms with Crippen molar-refractivity contribution < 1.29 is 14.7 Å². The fourth-order valence-electron chi connectivity index (χ4n) is 2.30. The minimum Gasteiger partial charge on any atom is -0.481 e. The van der Waals surface area contributed by atoms with Gasteiger partial charge in [-0.1, -0.05) is 12.1 Å². The summed E-state index contributed by atoms with van der Waals surface area (Å²) in [6.45, 7) is 1.84. The molecule has 1 aliphatic heterocycles. The second-order valence-electron chi connectivity index (χ2n) is 4.64. The normalized spacial score (nSPS) is 19.8. The van der Waals surface area contributed by atoms with Crippen LogP contribution in [-0.2, 0) is 9.59 Å². The molecule has 0 aromatic heterocycles. The number of carboxylic acids is 1. The predicted octanol–water partition coefficient (Wildman–Crippen LogP) is 1.24. The fraction of sp³-hybridized carbons (Fsp3) is 0.385. The summed E-state index contributed by atoms with van der Waals surface area (Å²) in [5, 5.41) is 8.73. The lowest BCUT2D eigenvalue weighted by Crippen LogP contribution is -2.22. The highest BCUT2D eigenvalue weighted by Crippen LogP contribution is 2.37. The number of fused-ring (bicyclic) bond motifs is 1. The molecular formula is C13H16N2O3. The van der Waals surface area contributed by atoms with Gasteiger partial charge in [0.1, 0.15) is 0 Å². The third-order valence-corrected chi connectivity index (χ3v) is 3.40. The van der Waals surface area contributed by atoms with Gasteiger partial charge < -0.3 is 15.7 Å². The molecule has 2 rings (SSSR count). The van der Waals surface area contributed by atoms with Gasteiger partial charge in [0.05, 0.1) is 12.3 Å². The third-order valence-electron chi connectivity index (χ3n) is 3.40. The van der Waals surface area contributed by atoms with Crippen LogP contribution in [0, 0.1) is 0 Å². The molecule has 2 unspecified atom stereocenters. The molecule has 0 spiro atoms. The van der Waals surface area contributed by atoms with Crippen LogP contribution in [0.2, 0.25) is 0 Å². The number of hydrogen-bond donors (Lipinski definition) is 2. The van der Waals surface area contributed by atoms with Crippen LogP contribution < -0.4 is 10.6 Å². The number of likely N-dealkylation sites (N-methyl/N-ethyl adjacent to an activating group) is 1. The van der Waals surface area contributed by atoms with Crippen LogP contribution in [-0.4, -0.2) is 24.0 Å². The smallest absolute Gasteiger partial charge is 0.305 e. The van der Waals surface area contributed by atoms with Gasteiger partial charge >= 0.3 is 5.97 Å². The topological polar surface area (TPSA) is 83.6 Å². The number of carbonyl (C=O) groups is 2. The minimum absolute atomic E-state index is 0.0500. The summed E-state index contributed by atoms with van der Waals surface area (Å²) in [6, 6.07) is 4.91. The van der Waals surface area contributed by atoms with E-state index in [0.717, 1.165) is 16.8 Å². The van der Waals surface area contributed by atoms with Crippen molar-refractivity contribution in [3.8, 4) is 0 Å². The Balaban J connectivity index is 2.34. The Morgan fingerprint density at radius 1 is 1.56 bits per heavy atom. The van der Waals surface area contributed by atoms with E-state index in [9.17, 15) is 9.59 Å². The molecule has 0 saturated carbocycles. The number of nitrogens with zero attached hydrogens (tertiary/aromatic N) is 1. The van der Waals surface area contributed by atoms with Crippen LogP contribution in [0.1, 0.15) is 36.4 Å². The molecule has 5 nitrogen and oxygen atoms in total. The van der Waals surface area contributed by atoms with E-state index in [1.165, 1.54) is 0 Å². The largest absolute Gasteiger partial charge is 0.481 e. The molecule has 1 amide bonds. The Hall–Kier alpha value is -1.88. The van der Waals surface area contributed by atoms with Gasteiger partial charge in [0.2, 0.25) is 5.91 Å². The maximum atomic E-state index is 11.8. The maximum Gasteiger partial charge on any atom is 0.305 e. The Labute approximate surface area is 105 Å². The van der Waals surface area contributed by atoms with E-state index in [4.69, 9.17) is 10.8 Å². The Morgan fingerprint density at radius 3 is 2.83 bits per heavy atom. The SMILES string of the molecule is CC1C(=O)N(C)c2ccc(C(N)CC(=O)O)cc21. The zero-order valence-electron chi connectivity index (χ0n) is 10.4. The number of anilines is 1. The van der Waals surface area contributed by atoms with Crippen molar-refractivity contribution in [1.29, 1.82) is 0 Å². The van der Waals surface area contributed by atoms with Gasteiger partial charge in [0.25, 0.3) is 0 Å². The van der Waals surface area contributed by atoms with Gasteiger partial charge in [-0.25, -0.2) is 0 Å². The molecule has 1 aromatic rings. The third kappa shape index (κ3) is 1.97. The second-order valence-corrected chi connectivity index (χ2v) is 4.64. The first kappa shape index (κ1) is 12.6. The van der Waals surface area contributed by atoms with Crippen molar-refractivity contribution >= 4 is 17.6 Å². The highest BCUT2D eigenvalue weighted by Gasteiger charge is 2.32. The van der Waals surface area contributed by atoms with Crippen LogP contribution in [0.3, 0.4) is 0 Å². The lowest BCUT2D eigenvalue weighted by molar-refractivity contribution is -0.137. The molecule has 0 bridgehead atoms. The van der Waals surface area contributed by atoms with Gasteiger partial charge in [-0.3, -0.25) is 9.59 Å². The molecule has 5 heteroatoms. The number of hydrogen-bond acceptors (Lipinski definition) is 3. The van der Waals surface area contributed by atoms with Crippen molar-refractivity contribution in [3.63, 3.8) is 0 Å². The summed E-state index contributed by atoms with van der Waals surface area (Å²) < 4.78 is 0. The van der Waals surface area contributed by atoms with E-state index in [1.54, 1.807) is 18.0 Å². The molecule has 96 valence electrons. The average Bonchev–Trinajstić information content (AvgIpc) is 2.53. The van der Waals surface area contributed by atoms with E-state index in [2.05, 4.69) is 0 Å². The maximum absolute atomic E-state index is 11.8. The van der Waals surface area contributed by atoms with Crippen molar-refractivity contribution in [2.45, 2.75) is 25.3 Å². The number of benzene rings is 1. The number of nitrogens with two attached hydrogens (primary N) is 1. The summed E-state index contributed by atoms with van der Waals surface area (Å²) in [5.74, 6) is -1.07. The summed E-state index contributed by atoms with van der Waals surface area (Å²) in [6.07, 6.45) is -0.114. The first-order valence-electron chi connectivity index (χ1n) is 5.80. The van der Waals surface area contributed by atoms with Gasteiger partial charge in [-0.2, -0.15) is 0 Å². The molecule has 1 aromatic carbocycles. The number of carboxylic acid groups (broad SMARTS) is 1. The molecule has 0 radical (unpaired) electrons. The lowest BCUT2D eigenvalue weighted by Gasteiger charge is -2.13. The van der Waals surface area contributed by atoms with Gasteiger partial charge in [0.15, 0.2) is 0 Å². The second kappa shape index (κ2) is 4.42. The molecule has 1 aliphatic rings. The van der Waals surface area contributed by atoms with Crippen LogP contribution in [0.5, 0.6) is 0 Å². The minimum atomic E-state index is -0.927. The summed E-state index contributed by atoms with van der Waals surface area (Å²) in [7, 11) is 1.74. The number of rotatable bonds is 3. The standard InChI is InChI=1S/C13H16N2O3/c1-7-9-5-8(10(14)6-12(16)17)3-4-11(9)15(2)13(7)18/h3-5,7,10H,6,14H2,1-2H3,(H,16,17). The fourth-order valence-corrected chi connectivity index (χ4v) is 2.30. The summed E-state index contributed by atoms with van der Waals surface area (Å²) in [4.78, 5) is 24.1. The van der Waals surface area contributed by atoms with Crippen LogP contribution in [0.25, 0.3) is 0 Å². The van der Waals surface area contributed by atoms with Crippen LogP contribution in [0.15, 0.2) is 18.2 Å². The molecule has 0 aliphatic carbocycles. The highest BCUT2D eigenvalue weighted by atomic mass is 16.4. The van der Waals surface area contributed by atoms with Crippen LogP contribution in [0.4, 0.5) is 5.69 Å². The zero-order chi connectivity index (χ0) is 13.4. The van der Waals surface area contributed by atoms with E-state index in [0.29, 0.717) is 0 Å². The molecule has 18 heavy (non-hydrogen) atoms. The number of amides is 1. The van der Waals surface area contributed by atoms with E-state index in [1.807, 2.05) is 19.1 Å². The predicted molar refractivity (Wildman–Crippen MR) is 67.4 cm³/mol. The number of carbonyl (C=O) groups excluding carboxylic acids is 1. The molecule has 3 N–H and O–H groups in total. The lowest BCUT2D eigenvalue weighted by atomic mass is 9.96.